The van der Waals surface area contributed by atoms with E-state index in [1.807, 2.05) is 49.3 Å². The van der Waals surface area contributed by atoms with Crippen molar-refractivity contribution < 1.29 is 9.90 Å². The van der Waals surface area contributed by atoms with Crippen LogP contribution in [-0.2, 0) is 0 Å². The monoisotopic (exact) mass is 359 g/mol. The van der Waals surface area contributed by atoms with Gasteiger partial charge in [-0.05, 0) is 30.3 Å². The second-order valence-electron chi connectivity index (χ2n) is 6.30. The zero-order valence-electron chi connectivity index (χ0n) is 15.3. The van der Waals surface area contributed by atoms with Gasteiger partial charge in [0.1, 0.15) is 6.10 Å². The maximum absolute atomic E-state index is 12.5. The number of carbonyl (C=O) groups is 1. The number of Topliss-reactive ketones (excluding diaryl/α,β-unsaturated/α-hetero) is 1. The third kappa shape index (κ3) is 4.46. The smallest absolute Gasteiger partial charge is 0.195 e. The lowest BCUT2D eigenvalue weighted by atomic mass is 9.99. The van der Waals surface area contributed by atoms with Crippen LogP contribution >= 0.6 is 0 Å². The van der Waals surface area contributed by atoms with E-state index in [2.05, 4.69) is 10.2 Å². The Morgan fingerprint density at radius 1 is 0.852 bits per heavy atom. The van der Waals surface area contributed by atoms with Gasteiger partial charge >= 0.3 is 0 Å². The fourth-order valence-electron chi connectivity index (χ4n) is 2.64. The van der Waals surface area contributed by atoms with Crippen LogP contribution in [0.15, 0.2) is 89.1 Å². The van der Waals surface area contributed by atoms with E-state index >= 15 is 0 Å². The first kappa shape index (κ1) is 18.5. The van der Waals surface area contributed by atoms with Gasteiger partial charge in [-0.2, -0.15) is 10.2 Å². The van der Waals surface area contributed by atoms with E-state index in [0.29, 0.717) is 22.5 Å². The van der Waals surface area contributed by atoms with E-state index in [4.69, 9.17) is 0 Å². The Labute approximate surface area is 158 Å². The van der Waals surface area contributed by atoms with Gasteiger partial charge in [0.25, 0.3) is 0 Å². The van der Waals surface area contributed by atoms with E-state index in [-0.39, 0.29) is 5.78 Å². The third-order valence-corrected chi connectivity index (χ3v) is 4.18. The Morgan fingerprint density at radius 3 is 2.15 bits per heavy atom. The first-order valence-electron chi connectivity index (χ1n) is 8.61. The molecule has 5 heteroatoms. The van der Waals surface area contributed by atoms with Gasteiger partial charge < -0.3 is 10.0 Å². The van der Waals surface area contributed by atoms with Crippen molar-refractivity contribution in [3.63, 3.8) is 0 Å². The average molecular weight is 359 g/mol. The van der Waals surface area contributed by atoms with Crippen molar-refractivity contribution in [2.45, 2.75) is 6.10 Å². The second kappa shape index (κ2) is 8.38. The molecule has 1 atom stereocenters. The van der Waals surface area contributed by atoms with Gasteiger partial charge in [-0.1, -0.05) is 48.5 Å². The molecule has 5 nitrogen and oxygen atoms in total. The molecule has 0 saturated heterocycles. The van der Waals surface area contributed by atoms with Crippen molar-refractivity contribution in [1.82, 2.24) is 0 Å². The number of hydrogen-bond donors (Lipinski definition) is 1. The molecule has 0 aromatic heterocycles. The van der Waals surface area contributed by atoms with Crippen molar-refractivity contribution in [2.75, 3.05) is 19.0 Å². The van der Waals surface area contributed by atoms with Gasteiger partial charge in [0, 0.05) is 30.9 Å². The maximum Gasteiger partial charge on any atom is 0.195 e. The fourth-order valence-corrected chi connectivity index (χ4v) is 2.64. The highest BCUT2D eigenvalue weighted by molar-refractivity contribution is 6.00. The zero-order chi connectivity index (χ0) is 19.2. The molecule has 3 rings (SSSR count). The van der Waals surface area contributed by atoms with Gasteiger partial charge in [0.05, 0.1) is 11.4 Å². The van der Waals surface area contributed by atoms with Crippen LogP contribution in [0.3, 0.4) is 0 Å². The van der Waals surface area contributed by atoms with Crippen LogP contribution in [0.25, 0.3) is 0 Å². The number of hydrogen-bond acceptors (Lipinski definition) is 5. The first-order valence-corrected chi connectivity index (χ1v) is 8.61. The molecule has 0 bridgehead atoms. The quantitative estimate of drug-likeness (QED) is 0.493. The molecule has 0 heterocycles. The summed E-state index contributed by atoms with van der Waals surface area (Å²) in [7, 11) is 3.94. The zero-order valence-corrected chi connectivity index (χ0v) is 15.3. The first-order chi connectivity index (χ1) is 13.1. The highest BCUT2D eigenvalue weighted by atomic mass is 16.3. The summed E-state index contributed by atoms with van der Waals surface area (Å²) >= 11 is 0. The van der Waals surface area contributed by atoms with Crippen LogP contribution in [0.5, 0.6) is 0 Å². The fraction of sp³-hybridized carbons (Fsp3) is 0.136. The number of rotatable bonds is 6. The molecule has 1 N–H and O–H groups in total. The van der Waals surface area contributed by atoms with Gasteiger partial charge in [0.2, 0.25) is 0 Å². The number of nitrogens with zero attached hydrogens (tertiary/aromatic N) is 3. The third-order valence-electron chi connectivity index (χ3n) is 4.18. The molecular weight excluding hydrogens is 338 g/mol. The molecular formula is C22H21N3O2. The van der Waals surface area contributed by atoms with E-state index < -0.39 is 6.10 Å². The van der Waals surface area contributed by atoms with Gasteiger partial charge in [0.15, 0.2) is 5.78 Å². The number of aliphatic hydroxyl groups is 1. The van der Waals surface area contributed by atoms with Crippen molar-refractivity contribution in [1.29, 1.82) is 0 Å². The summed E-state index contributed by atoms with van der Waals surface area (Å²) < 4.78 is 0. The van der Waals surface area contributed by atoms with Crippen molar-refractivity contribution in [2.24, 2.45) is 10.2 Å². The molecule has 0 aliphatic carbocycles. The van der Waals surface area contributed by atoms with Crippen molar-refractivity contribution in [3.8, 4) is 0 Å². The van der Waals surface area contributed by atoms with E-state index in [1.54, 1.807) is 48.5 Å². The van der Waals surface area contributed by atoms with E-state index in [1.165, 1.54) is 0 Å². The van der Waals surface area contributed by atoms with Crippen LogP contribution in [0.4, 0.5) is 17.1 Å². The molecule has 0 saturated carbocycles. The summed E-state index contributed by atoms with van der Waals surface area (Å²) in [6, 6.07) is 23.3. The summed E-state index contributed by atoms with van der Waals surface area (Å²) in [5.74, 6) is -0.367. The summed E-state index contributed by atoms with van der Waals surface area (Å²) in [6.07, 6.45) is -1.29. The predicted octanol–water partition coefficient (Wildman–Crippen LogP) is 5.08. The largest absolute Gasteiger partial charge is 0.380 e. The highest BCUT2D eigenvalue weighted by Crippen LogP contribution is 2.29. The van der Waals surface area contributed by atoms with E-state index in [9.17, 15) is 9.90 Å². The normalized spacial score (nSPS) is 12.1. The highest BCUT2D eigenvalue weighted by Gasteiger charge is 2.21. The Morgan fingerprint density at radius 2 is 1.48 bits per heavy atom. The lowest BCUT2D eigenvalue weighted by molar-refractivity contribution is 0.0748. The summed E-state index contributed by atoms with van der Waals surface area (Å²) in [6.45, 7) is 0. The maximum atomic E-state index is 12.5. The number of azo groups is 1. The topological polar surface area (TPSA) is 65.3 Å². The summed E-state index contributed by atoms with van der Waals surface area (Å²) in [4.78, 5) is 14.5. The minimum Gasteiger partial charge on any atom is -0.380 e. The Hall–Kier alpha value is -3.31. The second-order valence-corrected chi connectivity index (χ2v) is 6.30. The predicted molar refractivity (Wildman–Crippen MR) is 107 cm³/mol. The van der Waals surface area contributed by atoms with Crippen molar-refractivity contribution >= 4 is 22.8 Å². The standard InChI is InChI=1S/C22H21N3O2/c1-25(2)18-14-12-17(13-15-18)23-24-20-11-7-6-10-19(20)22(27)21(26)16-8-4-3-5-9-16/h3-15,22,27H,1-2H3. The summed E-state index contributed by atoms with van der Waals surface area (Å²) in [5, 5.41) is 19.0. The molecule has 0 amide bonds. The lowest BCUT2D eigenvalue weighted by Crippen LogP contribution is -2.12. The van der Waals surface area contributed by atoms with Crippen LogP contribution in [0.2, 0.25) is 0 Å². The van der Waals surface area contributed by atoms with Crippen LogP contribution in [-0.4, -0.2) is 25.0 Å². The number of aliphatic hydroxyl groups excluding tert-OH is 1. The van der Waals surface area contributed by atoms with Gasteiger partial charge in [-0.3, -0.25) is 4.79 Å². The number of anilines is 1. The van der Waals surface area contributed by atoms with E-state index in [0.717, 1.165) is 5.69 Å². The minimum absolute atomic E-state index is 0.367. The molecule has 3 aromatic rings. The number of carbonyl (C=O) groups excluding carboxylic acids is 1. The SMILES string of the molecule is CN(C)c1ccc(N=Nc2ccccc2C(O)C(=O)c2ccccc2)cc1. The Balaban J connectivity index is 1.84. The minimum atomic E-state index is -1.29. The Bertz CT molecular complexity index is 935. The Kier molecular flexibility index (Phi) is 5.74. The molecule has 27 heavy (non-hydrogen) atoms. The molecule has 0 aliphatic rings. The lowest BCUT2D eigenvalue weighted by Gasteiger charge is -2.12. The van der Waals surface area contributed by atoms with Crippen LogP contribution < -0.4 is 4.90 Å². The van der Waals surface area contributed by atoms with Crippen LogP contribution in [0, 0.1) is 0 Å². The molecule has 3 aromatic carbocycles. The van der Waals surface area contributed by atoms with Gasteiger partial charge in [-0.25, -0.2) is 0 Å². The molecule has 136 valence electrons. The molecule has 0 spiro atoms. The van der Waals surface area contributed by atoms with Crippen LogP contribution in [0.1, 0.15) is 22.0 Å². The van der Waals surface area contributed by atoms with Crippen molar-refractivity contribution in [3.05, 3.63) is 90.0 Å². The van der Waals surface area contributed by atoms with Gasteiger partial charge in [-0.15, -0.1) is 0 Å². The number of ketones is 1. The molecule has 1 unspecified atom stereocenters. The molecule has 0 radical (unpaired) electrons. The molecule has 0 fully saturated rings. The average Bonchev–Trinajstić information content (AvgIpc) is 2.72. The molecule has 0 aliphatic heterocycles. The number of benzene rings is 3. The summed E-state index contributed by atoms with van der Waals surface area (Å²) in [5.41, 5.74) is 3.11.